The molecule has 6 heteroatoms. The minimum absolute atomic E-state index is 0.164. The van der Waals surface area contributed by atoms with Gasteiger partial charge in [-0.25, -0.2) is 13.2 Å². The summed E-state index contributed by atoms with van der Waals surface area (Å²) in [5.41, 5.74) is 0.382. The second-order valence-corrected chi connectivity index (χ2v) is 6.96. The molecule has 0 bridgehead atoms. The molecule has 0 heterocycles. The van der Waals surface area contributed by atoms with Crippen molar-refractivity contribution in [1.29, 1.82) is 0 Å². The Morgan fingerprint density at radius 2 is 1.65 bits per heavy atom. The van der Waals surface area contributed by atoms with Gasteiger partial charge in [-0.15, -0.1) is 0 Å². The number of aromatic carboxylic acids is 1. The van der Waals surface area contributed by atoms with Crippen molar-refractivity contribution in [3.8, 4) is 0 Å². The molecule has 2 aromatic carbocycles. The first-order valence-electron chi connectivity index (χ1n) is 5.70. The minimum atomic E-state index is -3.72. The van der Waals surface area contributed by atoms with Crippen LogP contribution in [0.1, 0.15) is 15.9 Å². The van der Waals surface area contributed by atoms with Gasteiger partial charge in [0.1, 0.15) is 0 Å². The van der Waals surface area contributed by atoms with Gasteiger partial charge in [0.15, 0.2) is 9.84 Å². The summed E-state index contributed by atoms with van der Waals surface area (Å²) in [5.74, 6) is -1.50. The van der Waals surface area contributed by atoms with E-state index in [-0.39, 0.29) is 16.2 Å². The van der Waals surface area contributed by atoms with Crippen LogP contribution in [0.25, 0.3) is 0 Å². The van der Waals surface area contributed by atoms with Crippen LogP contribution >= 0.6 is 15.9 Å². The van der Waals surface area contributed by atoms with Crippen LogP contribution in [-0.4, -0.2) is 19.5 Å². The summed E-state index contributed by atoms with van der Waals surface area (Å²) < 4.78 is 25.5. The summed E-state index contributed by atoms with van der Waals surface area (Å²) in [5, 5.41) is 9.08. The van der Waals surface area contributed by atoms with Crippen molar-refractivity contribution in [3.63, 3.8) is 0 Å². The van der Waals surface area contributed by atoms with Gasteiger partial charge in [-0.3, -0.25) is 0 Å². The maximum Gasteiger partial charge on any atom is 0.337 e. The van der Waals surface area contributed by atoms with Crippen LogP contribution < -0.4 is 0 Å². The highest BCUT2D eigenvalue weighted by Crippen LogP contribution is 2.24. The maximum atomic E-state index is 12.4. The van der Waals surface area contributed by atoms with Gasteiger partial charge in [0, 0.05) is 4.47 Å². The van der Waals surface area contributed by atoms with Gasteiger partial charge in [-0.05, 0) is 23.8 Å². The topological polar surface area (TPSA) is 71.4 Å². The van der Waals surface area contributed by atoms with Crippen LogP contribution in [0.15, 0.2) is 57.9 Å². The smallest absolute Gasteiger partial charge is 0.337 e. The third kappa shape index (κ3) is 3.08. The van der Waals surface area contributed by atoms with Crippen molar-refractivity contribution >= 4 is 31.7 Å². The number of hydrogen-bond donors (Lipinski definition) is 1. The predicted molar refractivity (Wildman–Crippen MR) is 78.4 cm³/mol. The van der Waals surface area contributed by atoms with Crippen molar-refractivity contribution in [2.24, 2.45) is 0 Å². The Labute approximate surface area is 125 Å². The number of sulfone groups is 1. The summed E-state index contributed by atoms with van der Waals surface area (Å²) in [6, 6.07) is 12.6. The number of carbonyl (C=O) groups is 1. The first kappa shape index (κ1) is 14.7. The Balaban J connectivity index is 2.47. The molecule has 0 spiro atoms. The number of halogens is 1. The van der Waals surface area contributed by atoms with E-state index in [0.717, 1.165) is 0 Å². The van der Waals surface area contributed by atoms with E-state index in [9.17, 15) is 13.2 Å². The molecule has 1 N–H and O–H groups in total. The van der Waals surface area contributed by atoms with Gasteiger partial charge in [0.2, 0.25) is 0 Å². The lowest BCUT2D eigenvalue weighted by Gasteiger charge is -2.09. The first-order chi connectivity index (χ1) is 9.42. The van der Waals surface area contributed by atoms with Crippen molar-refractivity contribution < 1.29 is 18.3 Å². The highest BCUT2D eigenvalue weighted by atomic mass is 79.9. The van der Waals surface area contributed by atoms with E-state index in [1.165, 1.54) is 24.3 Å². The molecule has 0 aromatic heterocycles. The van der Waals surface area contributed by atoms with Crippen molar-refractivity contribution in [1.82, 2.24) is 0 Å². The highest BCUT2D eigenvalue weighted by Gasteiger charge is 2.22. The molecular formula is C14H11BrO4S. The van der Waals surface area contributed by atoms with E-state index >= 15 is 0 Å². The third-order valence-electron chi connectivity index (χ3n) is 2.76. The van der Waals surface area contributed by atoms with E-state index in [4.69, 9.17) is 5.11 Å². The fourth-order valence-electron chi connectivity index (χ4n) is 1.81. The van der Waals surface area contributed by atoms with Gasteiger partial charge in [0.05, 0.1) is 16.2 Å². The molecule has 20 heavy (non-hydrogen) atoms. The lowest BCUT2D eigenvalue weighted by atomic mass is 10.2. The molecule has 0 amide bonds. The molecule has 0 radical (unpaired) electrons. The molecule has 0 saturated carbocycles. The van der Waals surface area contributed by atoms with E-state index in [2.05, 4.69) is 15.9 Å². The van der Waals surface area contributed by atoms with Gasteiger partial charge >= 0.3 is 5.97 Å². The lowest BCUT2D eigenvalue weighted by molar-refractivity contribution is 0.0692. The molecule has 0 unspecified atom stereocenters. The first-order valence-corrected chi connectivity index (χ1v) is 8.15. The van der Waals surface area contributed by atoms with Crippen molar-refractivity contribution in [3.05, 3.63) is 64.1 Å². The highest BCUT2D eigenvalue weighted by molar-refractivity contribution is 9.10. The van der Waals surface area contributed by atoms with Gasteiger partial charge in [-0.2, -0.15) is 0 Å². The molecule has 0 atom stereocenters. The number of benzene rings is 2. The Morgan fingerprint density at radius 3 is 2.30 bits per heavy atom. The number of carboxylic acids is 1. The molecular weight excluding hydrogens is 344 g/mol. The molecule has 0 aliphatic heterocycles. The molecule has 2 aromatic rings. The molecule has 104 valence electrons. The lowest BCUT2D eigenvalue weighted by Crippen LogP contribution is -2.11. The average molecular weight is 355 g/mol. The zero-order valence-corrected chi connectivity index (χ0v) is 12.7. The number of carboxylic acid groups (broad SMARTS) is 1. The van der Waals surface area contributed by atoms with E-state index in [1.807, 2.05) is 0 Å². The van der Waals surface area contributed by atoms with Crippen LogP contribution in [0.3, 0.4) is 0 Å². The Morgan fingerprint density at radius 1 is 1.05 bits per heavy atom. The zero-order valence-electron chi connectivity index (χ0n) is 10.3. The third-order valence-corrected chi connectivity index (χ3v) is 5.25. The molecule has 2 rings (SSSR count). The monoisotopic (exact) mass is 354 g/mol. The summed E-state index contributed by atoms with van der Waals surface area (Å²) in [6.07, 6.45) is 0. The molecule has 0 aliphatic rings. The predicted octanol–water partition coefficient (Wildman–Crippen LogP) is 3.12. The normalized spacial score (nSPS) is 11.2. The largest absolute Gasteiger partial charge is 0.478 e. The van der Waals surface area contributed by atoms with Crippen LogP contribution in [0.2, 0.25) is 0 Å². The molecule has 0 saturated heterocycles. The SMILES string of the molecule is O=C(O)c1ccccc1S(=O)(=O)Cc1ccccc1Br. The molecule has 0 fully saturated rings. The van der Waals surface area contributed by atoms with Gasteiger partial charge < -0.3 is 5.11 Å². The van der Waals surface area contributed by atoms with Crippen LogP contribution in [0.5, 0.6) is 0 Å². The fourth-order valence-corrected chi connectivity index (χ4v) is 4.02. The van der Waals surface area contributed by atoms with Gasteiger partial charge in [-0.1, -0.05) is 46.3 Å². The van der Waals surface area contributed by atoms with Crippen LogP contribution in [0.4, 0.5) is 0 Å². The summed E-state index contributed by atoms with van der Waals surface area (Å²) >= 11 is 3.29. The molecule has 0 aliphatic carbocycles. The van der Waals surface area contributed by atoms with Crippen LogP contribution in [0, 0.1) is 0 Å². The number of hydrogen-bond acceptors (Lipinski definition) is 3. The van der Waals surface area contributed by atoms with Crippen molar-refractivity contribution in [2.75, 3.05) is 0 Å². The van der Waals surface area contributed by atoms with E-state index in [0.29, 0.717) is 10.0 Å². The summed E-state index contributed by atoms with van der Waals surface area (Å²) in [6.45, 7) is 0. The average Bonchev–Trinajstić information content (AvgIpc) is 2.41. The minimum Gasteiger partial charge on any atom is -0.478 e. The Hall–Kier alpha value is -1.66. The standard InChI is InChI=1S/C14H11BrO4S/c15-12-7-3-1-5-10(12)9-20(18,19)13-8-4-2-6-11(13)14(16)17/h1-8H,9H2,(H,16,17). The zero-order chi connectivity index (χ0) is 14.8. The van der Waals surface area contributed by atoms with E-state index in [1.54, 1.807) is 24.3 Å². The summed E-state index contributed by atoms with van der Waals surface area (Å²) in [4.78, 5) is 11.0. The second-order valence-electron chi connectivity index (χ2n) is 4.15. The van der Waals surface area contributed by atoms with Gasteiger partial charge in [0.25, 0.3) is 0 Å². The Bertz CT molecular complexity index is 753. The van der Waals surface area contributed by atoms with Crippen molar-refractivity contribution in [2.45, 2.75) is 10.6 Å². The molecule has 4 nitrogen and oxygen atoms in total. The van der Waals surface area contributed by atoms with Crippen LogP contribution in [-0.2, 0) is 15.6 Å². The fraction of sp³-hybridized carbons (Fsp3) is 0.0714. The van der Waals surface area contributed by atoms with E-state index < -0.39 is 15.8 Å². The second kappa shape index (κ2) is 5.76. The Kier molecular flexibility index (Phi) is 4.25. The quantitative estimate of drug-likeness (QED) is 0.915. The number of rotatable bonds is 4. The summed E-state index contributed by atoms with van der Waals surface area (Å²) in [7, 11) is -3.72. The maximum absolute atomic E-state index is 12.4.